The summed E-state index contributed by atoms with van der Waals surface area (Å²) < 4.78 is 5.62. The number of phenols is 1. The van der Waals surface area contributed by atoms with Crippen LogP contribution in [-0.4, -0.2) is 44.8 Å². The van der Waals surface area contributed by atoms with Crippen LogP contribution in [0.2, 0.25) is 0 Å². The molecule has 2 rings (SSSR count). The highest BCUT2D eigenvalue weighted by molar-refractivity contribution is 5.26. The van der Waals surface area contributed by atoms with Crippen LogP contribution in [0.25, 0.3) is 0 Å². The van der Waals surface area contributed by atoms with Crippen molar-refractivity contribution in [1.82, 2.24) is 0 Å². The highest BCUT2D eigenvalue weighted by Crippen LogP contribution is 2.15. The number of hydrogen-bond donors (Lipinski definition) is 4. The lowest BCUT2D eigenvalue weighted by Gasteiger charge is -2.16. The zero-order chi connectivity index (χ0) is 22.4. The van der Waals surface area contributed by atoms with Crippen molar-refractivity contribution < 1.29 is 25.2 Å². The van der Waals surface area contributed by atoms with Crippen molar-refractivity contribution in [3.8, 4) is 11.5 Å². The van der Waals surface area contributed by atoms with Gasteiger partial charge in [0.2, 0.25) is 0 Å². The number of hydrogen-bond acceptors (Lipinski definition) is 5. The molecule has 0 aliphatic rings. The van der Waals surface area contributed by atoms with Crippen LogP contribution in [0.3, 0.4) is 0 Å². The Hall–Kier alpha value is -2.08. The van der Waals surface area contributed by atoms with Gasteiger partial charge >= 0.3 is 0 Å². The molecule has 5 heteroatoms. The van der Waals surface area contributed by atoms with Crippen molar-refractivity contribution in [3.63, 3.8) is 0 Å². The molecule has 2 aromatic rings. The van der Waals surface area contributed by atoms with E-state index in [0.29, 0.717) is 18.6 Å². The Kier molecular flexibility index (Phi) is 13.8. The number of aliphatic hydroxyl groups excluding tert-OH is 3. The second kappa shape index (κ2) is 14.9. The molecule has 0 aliphatic heterocycles. The Morgan fingerprint density at radius 1 is 0.655 bits per heavy atom. The van der Waals surface area contributed by atoms with Crippen LogP contribution in [0.5, 0.6) is 11.5 Å². The Bertz CT molecular complexity index is 606. The van der Waals surface area contributed by atoms with E-state index in [2.05, 4.69) is 0 Å². The van der Waals surface area contributed by atoms with Crippen LogP contribution in [-0.2, 0) is 0 Å². The first kappa shape index (κ1) is 26.9. The molecule has 2 aromatic carbocycles. The standard InChI is InChI=1S/C12H18O2.C7H8O.C5H12O2/c1-9-4-6-12(7-5-9)14-11(3)8-10(2)13;1-6-2-4-7(8)5-3-6;1-4(6)3-5(2)7/h4-7,10-11,13H,8H2,1-3H3;2-5,8H,1H3;4-7H,3H2,1-2H3/t10-,11+;;4-,5-/m1.1/s1. The number of aliphatic hydroxyl groups is 3. The maximum atomic E-state index is 9.16. The predicted molar refractivity (Wildman–Crippen MR) is 118 cm³/mol. The van der Waals surface area contributed by atoms with Crippen LogP contribution >= 0.6 is 0 Å². The molecule has 0 saturated heterocycles. The fraction of sp³-hybridized carbons (Fsp3) is 0.500. The molecule has 0 bridgehead atoms. The summed E-state index contributed by atoms with van der Waals surface area (Å²) in [5, 5.41) is 35.0. The van der Waals surface area contributed by atoms with E-state index in [1.54, 1.807) is 32.9 Å². The summed E-state index contributed by atoms with van der Waals surface area (Å²) in [6, 6.07) is 15.0. The van der Waals surface area contributed by atoms with E-state index >= 15 is 0 Å². The Morgan fingerprint density at radius 3 is 1.34 bits per heavy atom. The number of rotatable bonds is 6. The molecule has 29 heavy (non-hydrogen) atoms. The molecule has 0 fully saturated rings. The average Bonchev–Trinajstić information content (AvgIpc) is 2.59. The Labute approximate surface area is 175 Å². The lowest BCUT2D eigenvalue weighted by molar-refractivity contribution is 0.102. The molecular formula is C24H38O5. The van der Waals surface area contributed by atoms with E-state index in [9.17, 15) is 0 Å². The minimum Gasteiger partial charge on any atom is -0.508 e. The van der Waals surface area contributed by atoms with Crippen molar-refractivity contribution >= 4 is 0 Å². The van der Waals surface area contributed by atoms with Gasteiger partial charge in [-0.25, -0.2) is 0 Å². The molecule has 0 spiro atoms. The maximum absolute atomic E-state index is 9.16. The van der Waals surface area contributed by atoms with E-state index in [1.165, 1.54) is 11.1 Å². The van der Waals surface area contributed by atoms with Gasteiger partial charge < -0.3 is 25.2 Å². The molecule has 0 aliphatic carbocycles. The van der Waals surface area contributed by atoms with E-state index < -0.39 is 0 Å². The normalized spacial score (nSPS) is 14.2. The lowest BCUT2D eigenvalue weighted by Crippen LogP contribution is -2.18. The maximum Gasteiger partial charge on any atom is 0.119 e. The van der Waals surface area contributed by atoms with Gasteiger partial charge in [-0.05, 0) is 72.2 Å². The smallest absolute Gasteiger partial charge is 0.119 e. The molecule has 5 nitrogen and oxygen atoms in total. The van der Waals surface area contributed by atoms with Crippen LogP contribution in [0.15, 0.2) is 48.5 Å². The van der Waals surface area contributed by atoms with Gasteiger partial charge in [-0.3, -0.25) is 0 Å². The summed E-state index contributed by atoms with van der Waals surface area (Å²) in [4.78, 5) is 0. The third-order valence-corrected chi connectivity index (χ3v) is 3.75. The van der Waals surface area contributed by atoms with Crippen LogP contribution in [0.4, 0.5) is 0 Å². The monoisotopic (exact) mass is 406 g/mol. The second-order valence-corrected chi connectivity index (χ2v) is 7.60. The van der Waals surface area contributed by atoms with Gasteiger partial charge in [0.15, 0.2) is 0 Å². The predicted octanol–water partition coefficient (Wildman–Crippen LogP) is 4.37. The molecule has 0 amide bonds. The van der Waals surface area contributed by atoms with Gasteiger partial charge in [0.1, 0.15) is 11.5 Å². The second-order valence-electron chi connectivity index (χ2n) is 7.60. The molecule has 164 valence electrons. The molecular weight excluding hydrogens is 368 g/mol. The highest BCUT2D eigenvalue weighted by Gasteiger charge is 2.07. The minimum atomic E-state index is -0.375. The van der Waals surface area contributed by atoms with Crippen molar-refractivity contribution in [3.05, 3.63) is 59.7 Å². The third kappa shape index (κ3) is 16.6. The summed E-state index contributed by atoms with van der Waals surface area (Å²) in [7, 11) is 0. The molecule has 0 radical (unpaired) electrons. The van der Waals surface area contributed by atoms with Gasteiger partial charge in [-0.15, -0.1) is 0 Å². The zero-order valence-corrected chi connectivity index (χ0v) is 18.5. The minimum absolute atomic E-state index is 0.0534. The number of ether oxygens (including phenoxy) is 1. The molecule has 0 saturated carbocycles. The topological polar surface area (TPSA) is 90.2 Å². The van der Waals surface area contributed by atoms with Gasteiger partial charge in [0.05, 0.1) is 24.4 Å². The van der Waals surface area contributed by atoms with E-state index in [4.69, 9.17) is 25.2 Å². The Morgan fingerprint density at radius 2 is 1.03 bits per heavy atom. The summed E-state index contributed by atoms with van der Waals surface area (Å²) in [5.41, 5.74) is 2.39. The van der Waals surface area contributed by atoms with Crippen LogP contribution in [0, 0.1) is 13.8 Å². The summed E-state index contributed by atoms with van der Waals surface area (Å²) in [5.74, 6) is 1.19. The third-order valence-electron chi connectivity index (χ3n) is 3.75. The van der Waals surface area contributed by atoms with Gasteiger partial charge in [0.25, 0.3) is 0 Å². The average molecular weight is 407 g/mol. The SMILES string of the molecule is C[C@@H](O)C[C@@H](C)O.Cc1ccc(O)cc1.Cc1ccc(O[C@@H](C)C[C@@H](C)O)cc1. The number of aromatic hydroxyl groups is 1. The van der Waals surface area contributed by atoms with Crippen molar-refractivity contribution in [1.29, 1.82) is 0 Å². The van der Waals surface area contributed by atoms with Crippen molar-refractivity contribution in [2.75, 3.05) is 0 Å². The van der Waals surface area contributed by atoms with Crippen molar-refractivity contribution in [2.24, 2.45) is 0 Å². The van der Waals surface area contributed by atoms with Gasteiger partial charge in [0, 0.05) is 6.42 Å². The summed E-state index contributed by atoms with van der Waals surface area (Å²) >= 11 is 0. The van der Waals surface area contributed by atoms with Crippen molar-refractivity contribution in [2.45, 2.75) is 78.8 Å². The first-order chi connectivity index (χ1) is 13.5. The van der Waals surface area contributed by atoms with Crippen LogP contribution < -0.4 is 4.74 Å². The summed E-state index contributed by atoms with van der Waals surface area (Å²) in [6.07, 6.45) is 0.126. The molecule has 4 N–H and O–H groups in total. The fourth-order valence-corrected chi connectivity index (χ4v) is 2.42. The van der Waals surface area contributed by atoms with E-state index in [1.807, 2.05) is 57.2 Å². The molecule has 0 unspecified atom stereocenters. The Balaban J connectivity index is 0.000000444. The first-order valence-corrected chi connectivity index (χ1v) is 10.0. The fourth-order valence-electron chi connectivity index (χ4n) is 2.42. The van der Waals surface area contributed by atoms with Gasteiger partial charge in [-0.1, -0.05) is 35.4 Å². The van der Waals surface area contributed by atoms with Crippen LogP contribution in [0.1, 0.15) is 51.7 Å². The zero-order valence-electron chi connectivity index (χ0n) is 18.5. The molecule has 0 heterocycles. The lowest BCUT2D eigenvalue weighted by atomic mass is 10.2. The number of phenolic OH excluding ortho intramolecular Hbond substituents is 1. The number of aryl methyl sites for hydroxylation is 2. The molecule has 0 aromatic heterocycles. The molecule has 4 atom stereocenters. The van der Waals surface area contributed by atoms with E-state index in [0.717, 1.165) is 5.75 Å². The van der Waals surface area contributed by atoms with Gasteiger partial charge in [-0.2, -0.15) is 0 Å². The largest absolute Gasteiger partial charge is 0.508 e. The quantitative estimate of drug-likeness (QED) is 0.572. The number of benzene rings is 2. The highest BCUT2D eigenvalue weighted by atomic mass is 16.5. The first-order valence-electron chi connectivity index (χ1n) is 10.0. The van der Waals surface area contributed by atoms with E-state index in [-0.39, 0.29) is 24.4 Å². The summed E-state index contributed by atoms with van der Waals surface area (Å²) in [6.45, 7) is 11.1.